The quantitative estimate of drug-likeness (QED) is 0.329. The topological polar surface area (TPSA) is 76.7 Å². The van der Waals surface area contributed by atoms with Crippen LogP contribution in [0, 0.1) is 0 Å². The molecule has 1 aliphatic rings. The molecule has 0 aliphatic heterocycles. The molecule has 0 spiro atoms. The van der Waals surface area contributed by atoms with Crippen LogP contribution in [-0.4, -0.2) is 37.1 Å². The zero-order valence-electron chi connectivity index (χ0n) is 23.3. The molecule has 0 bridgehead atoms. The third-order valence-corrected chi connectivity index (χ3v) is 7.66. The van der Waals surface area contributed by atoms with Gasteiger partial charge < -0.3 is 20.1 Å². The van der Waals surface area contributed by atoms with Crippen LogP contribution in [0.5, 0.6) is 11.5 Å². The lowest BCUT2D eigenvalue weighted by atomic mass is 9.86. The van der Waals surface area contributed by atoms with Gasteiger partial charge in [0.15, 0.2) is 13.2 Å². The molecule has 2 N–H and O–H groups in total. The van der Waals surface area contributed by atoms with Crippen molar-refractivity contribution in [1.82, 2.24) is 10.6 Å². The largest absolute Gasteiger partial charge is 0.483 e. The maximum absolute atomic E-state index is 12.8. The van der Waals surface area contributed by atoms with E-state index in [9.17, 15) is 9.59 Å². The Labute approximate surface area is 243 Å². The zero-order valence-corrected chi connectivity index (χ0v) is 26.4. The first-order valence-electron chi connectivity index (χ1n) is 13.2. The fourth-order valence-corrected chi connectivity index (χ4v) is 5.41. The second-order valence-electron chi connectivity index (χ2n) is 12.0. The number of carbonyl (C=O) groups is 2. The summed E-state index contributed by atoms with van der Waals surface area (Å²) in [6, 6.07) is 11.4. The van der Waals surface area contributed by atoms with Crippen LogP contribution in [0.4, 0.5) is 0 Å². The Kier molecular flexibility index (Phi) is 10.3. The van der Waals surface area contributed by atoms with Gasteiger partial charge in [0.05, 0.1) is 0 Å². The van der Waals surface area contributed by atoms with Gasteiger partial charge in [0.2, 0.25) is 0 Å². The number of hydrogen-bond donors (Lipinski definition) is 2. The molecule has 0 heterocycles. The Hall–Kier alpha value is -2.06. The number of carbonyl (C=O) groups excluding carboxylic acids is 2. The molecule has 2 aromatic carbocycles. The number of ether oxygens (including phenoxy) is 2. The SMILES string of the molecule is CC(C)(C)c1cc(Br)ccc1OCC(=O)NC1CCCCC1NC(=O)COc1ccc(Br)cc1C(C)(C)C. The molecule has 8 heteroatoms. The van der Waals surface area contributed by atoms with Gasteiger partial charge in [-0.25, -0.2) is 0 Å². The van der Waals surface area contributed by atoms with Crippen molar-refractivity contribution in [2.24, 2.45) is 0 Å². The Morgan fingerprint density at radius 2 is 1.11 bits per heavy atom. The highest BCUT2D eigenvalue weighted by Crippen LogP contribution is 2.34. The summed E-state index contributed by atoms with van der Waals surface area (Å²) in [6.45, 7) is 12.5. The van der Waals surface area contributed by atoms with Crippen molar-refractivity contribution in [3.63, 3.8) is 0 Å². The lowest BCUT2D eigenvalue weighted by Crippen LogP contribution is -2.54. The third-order valence-electron chi connectivity index (χ3n) is 6.68. The van der Waals surface area contributed by atoms with Gasteiger partial charge in [-0.2, -0.15) is 0 Å². The molecular weight excluding hydrogens is 612 g/mol. The Morgan fingerprint density at radius 1 is 0.737 bits per heavy atom. The summed E-state index contributed by atoms with van der Waals surface area (Å²) in [5.74, 6) is 1.01. The minimum atomic E-state index is -0.195. The molecule has 2 amide bonds. The third kappa shape index (κ3) is 8.73. The summed E-state index contributed by atoms with van der Waals surface area (Å²) in [6.07, 6.45) is 3.63. The number of benzene rings is 2. The van der Waals surface area contributed by atoms with Crippen molar-refractivity contribution in [2.75, 3.05) is 13.2 Å². The van der Waals surface area contributed by atoms with E-state index in [1.165, 1.54) is 0 Å². The molecule has 0 saturated heterocycles. The van der Waals surface area contributed by atoms with E-state index in [-0.39, 0.29) is 47.9 Å². The average Bonchev–Trinajstić information content (AvgIpc) is 2.82. The fourth-order valence-electron chi connectivity index (χ4n) is 4.69. The van der Waals surface area contributed by atoms with Gasteiger partial charge in [-0.05, 0) is 60.1 Å². The van der Waals surface area contributed by atoms with Gasteiger partial charge in [0, 0.05) is 32.2 Å². The van der Waals surface area contributed by atoms with E-state index >= 15 is 0 Å². The summed E-state index contributed by atoms with van der Waals surface area (Å²) >= 11 is 7.04. The summed E-state index contributed by atoms with van der Waals surface area (Å²) in [5.41, 5.74) is 1.81. The average molecular weight is 652 g/mol. The summed E-state index contributed by atoms with van der Waals surface area (Å²) in [7, 11) is 0. The molecule has 1 aliphatic carbocycles. The maximum atomic E-state index is 12.8. The van der Waals surface area contributed by atoms with Crippen LogP contribution in [0.15, 0.2) is 45.3 Å². The normalized spacial score (nSPS) is 18.0. The van der Waals surface area contributed by atoms with Crippen molar-refractivity contribution >= 4 is 43.7 Å². The molecule has 2 unspecified atom stereocenters. The van der Waals surface area contributed by atoms with Gasteiger partial charge >= 0.3 is 0 Å². The van der Waals surface area contributed by atoms with Gasteiger partial charge in [-0.3, -0.25) is 9.59 Å². The summed E-state index contributed by atoms with van der Waals surface area (Å²) < 4.78 is 13.8. The number of rotatable bonds is 8. The van der Waals surface area contributed by atoms with Gasteiger partial charge in [-0.1, -0.05) is 86.2 Å². The molecule has 38 heavy (non-hydrogen) atoms. The molecule has 6 nitrogen and oxygen atoms in total. The molecule has 1 fully saturated rings. The van der Waals surface area contributed by atoms with Crippen LogP contribution < -0.4 is 20.1 Å². The first-order valence-corrected chi connectivity index (χ1v) is 14.8. The first-order chi connectivity index (χ1) is 17.7. The van der Waals surface area contributed by atoms with E-state index < -0.39 is 0 Å². The number of halogens is 2. The Bertz CT molecular complexity index is 1050. The van der Waals surface area contributed by atoms with Gasteiger partial charge in [0.25, 0.3) is 11.8 Å². The van der Waals surface area contributed by atoms with Crippen LogP contribution in [0.25, 0.3) is 0 Å². The monoisotopic (exact) mass is 650 g/mol. The molecule has 0 aromatic heterocycles. The number of amides is 2. The second kappa shape index (κ2) is 12.9. The number of nitrogens with one attached hydrogen (secondary N) is 2. The highest BCUT2D eigenvalue weighted by Gasteiger charge is 2.29. The molecule has 2 aromatic rings. The molecule has 3 rings (SSSR count). The number of hydrogen-bond acceptors (Lipinski definition) is 4. The van der Waals surface area contributed by atoms with E-state index in [1.807, 2.05) is 36.4 Å². The van der Waals surface area contributed by atoms with E-state index in [2.05, 4.69) is 84.0 Å². The van der Waals surface area contributed by atoms with E-state index in [1.54, 1.807) is 0 Å². The van der Waals surface area contributed by atoms with Crippen LogP contribution in [-0.2, 0) is 20.4 Å². The first kappa shape index (κ1) is 30.5. The van der Waals surface area contributed by atoms with Crippen molar-refractivity contribution in [3.05, 3.63) is 56.5 Å². The van der Waals surface area contributed by atoms with Crippen molar-refractivity contribution in [3.8, 4) is 11.5 Å². The summed E-state index contributed by atoms with van der Waals surface area (Å²) in [5, 5.41) is 6.18. The second-order valence-corrected chi connectivity index (χ2v) is 13.8. The molecule has 208 valence electrons. The van der Waals surface area contributed by atoms with E-state index in [0.29, 0.717) is 11.5 Å². The van der Waals surface area contributed by atoms with Crippen LogP contribution in [0.1, 0.15) is 78.4 Å². The Balaban J connectivity index is 1.56. The molecule has 0 radical (unpaired) electrons. The molecule has 1 saturated carbocycles. The maximum Gasteiger partial charge on any atom is 0.258 e. The van der Waals surface area contributed by atoms with Crippen LogP contribution in [0.2, 0.25) is 0 Å². The highest BCUT2D eigenvalue weighted by atomic mass is 79.9. The van der Waals surface area contributed by atoms with Crippen molar-refractivity contribution < 1.29 is 19.1 Å². The van der Waals surface area contributed by atoms with Gasteiger partial charge in [-0.15, -0.1) is 0 Å². The molecule has 2 atom stereocenters. The molecular formula is C30H40Br2N2O4. The standard InChI is InChI=1S/C30H40Br2N2O4/c1-29(2,3)21-15-19(31)11-13-25(21)37-17-27(35)33-23-9-7-8-10-24(23)34-28(36)18-38-26-14-12-20(32)16-22(26)30(4,5)6/h11-16,23-24H,7-10,17-18H2,1-6H3,(H,33,35)(H,34,36). The smallest absolute Gasteiger partial charge is 0.258 e. The lowest BCUT2D eigenvalue weighted by molar-refractivity contribution is -0.127. The minimum absolute atomic E-state index is 0.0792. The van der Waals surface area contributed by atoms with Crippen molar-refractivity contribution in [2.45, 2.75) is 90.1 Å². The Morgan fingerprint density at radius 3 is 1.45 bits per heavy atom. The predicted molar refractivity (Wildman–Crippen MR) is 159 cm³/mol. The summed E-state index contributed by atoms with van der Waals surface area (Å²) in [4.78, 5) is 25.7. The van der Waals surface area contributed by atoms with E-state index in [0.717, 1.165) is 45.8 Å². The zero-order chi connectivity index (χ0) is 28.1. The van der Waals surface area contributed by atoms with E-state index in [4.69, 9.17) is 9.47 Å². The minimum Gasteiger partial charge on any atom is -0.483 e. The van der Waals surface area contributed by atoms with Crippen LogP contribution >= 0.6 is 31.9 Å². The van der Waals surface area contributed by atoms with Crippen LogP contribution in [0.3, 0.4) is 0 Å². The van der Waals surface area contributed by atoms with Crippen molar-refractivity contribution in [1.29, 1.82) is 0 Å². The highest BCUT2D eigenvalue weighted by molar-refractivity contribution is 9.10. The lowest BCUT2D eigenvalue weighted by Gasteiger charge is -2.33. The van der Waals surface area contributed by atoms with Gasteiger partial charge in [0.1, 0.15) is 11.5 Å². The predicted octanol–water partition coefficient (Wildman–Crippen LogP) is 6.81. The fraction of sp³-hybridized carbons (Fsp3) is 0.533.